The first kappa shape index (κ1) is 13.8. The Labute approximate surface area is 109 Å². The van der Waals surface area contributed by atoms with Gasteiger partial charge in [0.25, 0.3) is 0 Å². The van der Waals surface area contributed by atoms with Crippen LogP contribution in [0.2, 0.25) is 0 Å². The van der Waals surface area contributed by atoms with Gasteiger partial charge in [0.1, 0.15) is 0 Å². The lowest BCUT2D eigenvalue weighted by Gasteiger charge is -2.26. The normalized spacial score (nSPS) is 21.4. The van der Waals surface area contributed by atoms with Gasteiger partial charge in [-0.05, 0) is 32.4 Å². The van der Waals surface area contributed by atoms with Gasteiger partial charge >= 0.3 is 0 Å². The maximum atomic E-state index is 11.7. The van der Waals surface area contributed by atoms with Gasteiger partial charge < -0.3 is 15.0 Å². The zero-order chi connectivity index (χ0) is 12.6. The molecule has 0 aromatic heterocycles. The van der Waals surface area contributed by atoms with Gasteiger partial charge in [0.2, 0.25) is 5.91 Å². The van der Waals surface area contributed by atoms with E-state index in [1.54, 1.807) is 0 Å². The SMILES string of the molecule is O=C(CNCCCN1CCOCC1)N1CCCC1. The average Bonchev–Trinajstić information content (AvgIpc) is 2.93. The molecule has 2 heterocycles. The summed E-state index contributed by atoms with van der Waals surface area (Å²) in [6.45, 7) is 8.26. The Morgan fingerprint density at radius 2 is 1.83 bits per heavy atom. The Balaban J connectivity index is 1.46. The summed E-state index contributed by atoms with van der Waals surface area (Å²) in [5.41, 5.74) is 0. The molecule has 0 aromatic rings. The Morgan fingerprint density at radius 3 is 2.56 bits per heavy atom. The minimum atomic E-state index is 0.263. The van der Waals surface area contributed by atoms with E-state index in [2.05, 4.69) is 10.2 Å². The summed E-state index contributed by atoms with van der Waals surface area (Å²) in [5.74, 6) is 0.263. The third-order valence-corrected chi connectivity index (χ3v) is 3.67. The third-order valence-electron chi connectivity index (χ3n) is 3.67. The number of ether oxygens (including phenoxy) is 1. The van der Waals surface area contributed by atoms with E-state index < -0.39 is 0 Å². The van der Waals surface area contributed by atoms with Gasteiger partial charge in [-0.2, -0.15) is 0 Å². The van der Waals surface area contributed by atoms with Gasteiger partial charge in [0.15, 0.2) is 0 Å². The smallest absolute Gasteiger partial charge is 0.236 e. The number of likely N-dealkylation sites (tertiary alicyclic amines) is 1. The lowest BCUT2D eigenvalue weighted by Crippen LogP contribution is -2.39. The van der Waals surface area contributed by atoms with Crippen LogP contribution in [0.15, 0.2) is 0 Å². The zero-order valence-electron chi connectivity index (χ0n) is 11.2. The number of rotatable bonds is 6. The van der Waals surface area contributed by atoms with Crippen molar-refractivity contribution in [2.45, 2.75) is 19.3 Å². The van der Waals surface area contributed by atoms with Crippen LogP contribution in [0.25, 0.3) is 0 Å². The first-order valence-electron chi connectivity index (χ1n) is 7.15. The van der Waals surface area contributed by atoms with Crippen LogP contribution in [0.4, 0.5) is 0 Å². The molecule has 18 heavy (non-hydrogen) atoms. The van der Waals surface area contributed by atoms with Crippen molar-refractivity contribution in [3.8, 4) is 0 Å². The number of amides is 1. The van der Waals surface area contributed by atoms with Gasteiger partial charge in [0, 0.05) is 26.2 Å². The van der Waals surface area contributed by atoms with Crippen LogP contribution in [0.5, 0.6) is 0 Å². The van der Waals surface area contributed by atoms with Crippen LogP contribution in [0, 0.1) is 0 Å². The van der Waals surface area contributed by atoms with E-state index in [9.17, 15) is 4.79 Å². The first-order chi connectivity index (χ1) is 8.86. The molecule has 0 unspecified atom stereocenters. The minimum Gasteiger partial charge on any atom is -0.379 e. The Kier molecular flexibility index (Phi) is 5.90. The van der Waals surface area contributed by atoms with Gasteiger partial charge in [-0.15, -0.1) is 0 Å². The van der Waals surface area contributed by atoms with E-state index >= 15 is 0 Å². The van der Waals surface area contributed by atoms with Crippen molar-refractivity contribution in [3.63, 3.8) is 0 Å². The topological polar surface area (TPSA) is 44.8 Å². The maximum Gasteiger partial charge on any atom is 0.236 e. The second-order valence-corrected chi connectivity index (χ2v) is 5.07. The summed E-state index contributed by atoms with van der Waals surface area (Å²) < 4.78 is 5.31. The van der Waals surface area contributed by atoms with Gasteiger partial charge in [-0.3, -0.25) is 9.69 Å². The van der Waals surface area contributed by atoms with Gasteiger partial charge in [-0.1, -0.05) is 0 Å². The number of hydrogen-bond donors (Lipinski definition) is 1. The Morgan fingerprint density at radius 1 is 1.11 bits per heavy atom. The molecular formula is C13H25N3O2. The highest BCUT2D eigenvalue weighted by Gasteiger charge is 2.16. The van der Waals surface area contributed by atoms with Crippen LogP contribution in [-0.2, 0) is 9.53 Å². The fourth-order valence-corrected chi connectivity index (χ4v) is 2.53. The molecule has 5 nitrogen and oxygen atoms in total. The van der Waals surface area contributed by atoms with E-state index in [1.807, 2.05) is 4.90 Å². The number of hydrogen-bond acceptors (Lipinski definition) is 4. The molecule has 0 aromatic carbocycles. The summed E-state index contributed by atoms with van der Waals surface area (Å²) in [6, 6.07) is 0. The van der Waals surface area contributed by atoms with Crippen molar-refractivity contribution in [1.82, 2.24) is 15.1 Å². The molecule has 0 bridgehead atoms. The standard InChI is InChI=1S/C13H25N3O2/c17-13(16-6-1-2-7-16)12-14-4-3-5-15-8-10-18-11-9-15/h14H,1-12H2. The third kappa shape index (κ3) is 4.55. The second kappa shape index (κ2) is 7.71. The van der Waals surface area contributed by atoms with Crippen molar-refractivity contribution in [2.75, 3.05) is 59.0 Å². The monoisotopic (exact) mass is 255 g/mol. The Hall–Kier alpha value is -0.650. The molecule has 104 valence electrons. The molecule has 0 spiro atoms. The molecule has 0 aliphatic carbocycles. The van der Waals surface area contributed by atoms with Gasteiger partial charge in [-0.25, -0.2) is 0 Å². The van der Waals surface area contributed by atoms with E-state index in [0.29, 0.717) is 6.54 Å². The molecule has 2 fully saturated rings. The van der Waals surface area contributed by atoms with E-state index in [-0.39, 0.29) is 5.91 Å². The second-order valence-electron chi connectivity index (χ2n) is 5.07. The van der Waals surface area contributed by atoms with Crippen LogP contribution in [-0.4, -0.2) is 74.7 Å². The van der Waals surface area contributed by atoms with Crippen LogP contribution < -0.4 is 5.32 Å². The summed E-state index contributed by atoms with van der Waals surface area (Å²) in [6.07, 6.45) is 3.44. The first-order valence-corrected chi connectivity index (χ1v) is 7.15. The molecule has 0 radical (unpaired) electrons. The van der Waals surface area contributed by atoms with Crippen molar-refractivity contribution < 1.29 is 9.53 Å². The molecule has 0 saturated carbocycles. The Bertz CT molecular complexity index is 249. The molecule has 1 amide bonds. The fourth-order valence-electron chi connectivity index (χ4n) is 2.53. The molecular weight excluding hydrogens is 230 g/mol. The van der Waals surface area contributed by atoms with Crippen LogP contribution in [0.3, 0.4) is 0 Å². The number of carbonyl (C=O) groups excluding carboxylic acids is 1. The molecule has 2 aliphatic heterocycles. The summed E-state index contributed by atoms with van der Waals surface area (Å²) in [5, 5.41) is 3.25. The number of morpholine rings is 1. The number of carbonyl (C=O) groups is 1. The molecule has 2 aliphatic rings. The van der Waals surface area contributed by atoms with Crippen LogP contribution in [0.1, 0.15) is 19.3 Å². The largest absolute Gasteiger partial charge is 0.379 e. The van der Waals surface area contributed by atoms with Crippen molar-refractivity contribution in [3.05, 3.63) is 0 Å². The van der Waals surface area contributed by atoms with E-state index in [0.717, 1.165) is 58.9 Å². The molecule has 2 rings (SSSR count). The quantitative estimate of drug-likeness (QED) is 0.674. The maximum absolute atomic E-state index is 11.7. The number of nitrogens with zero attached hydrogens (tertiary/aromatic N) is 2. The molecule has 0 atom stereocenters. The van der Waals surface area contributed by atoms with E-state index in [4.69, 9.17) is 4.74 Å². The predicted molar refractivity (Wildman–Crippen MR) is 70.6 cm³/mol. The molecule has 1 N–H and O–H groups in total. The zero-order valence-corrected chi connectivity index (χ0v) is 11.2. The van der Waals surface area contributed by atoms with Crippen molar-refractivity contribution >= 4 is 5.91 Å². The highest BCUT2D eigenvalue weighted by atomic mass is 16.5. The lowest BCUT2D eigenvalue weighted by atomic mass is 10.3. The lowest BCUT2D eigenvalue weighted by molar-refractivity contribution is -0.129. The fraction of sp³-hybridized carbons (Fsp3) is 0.923. The van der Waals surface area contributed by atoms with Crippen molar-refractivity contribution in [2.24, 2.45) is 0 Å². The van der Waals surface area contributed by atoms with E-state index in [1.165, 1.54) is 12.8 Å². The summed E-state index contributed by atoms with van der Waals surface area (Å²) >= 11 is 0. The highest BCUT2D eigenvalue weighted by molar-refractivity contribution is 5.78. The average molecular weight is 255 g/mol. The predicted octanol–water partition coefficient (Wildman–Crippen LogP) is -0.0793. The minimum absolute atomic E-state index is 0.263. The summed E-state index contributed by atoms with van der Waals surface area (Å²) in [4.78, 5) is 16.1. The molecule has 5 heteroatoms. The number of nitrogens with one attached hydrogen (secondary N) is 1. The summed E-state index contributed by atoms with van der Waals surface area (Å²) in [7, 11) is 0. The highest BCUT2D eigenvalue weighted by Crippen LogP contribution is 2.06. The molecule has 2 saturated heterocycles. The van der Waals surface area contributed by atoms with Gasteiger partial charge in [0.05, 0.1) is 19.8 Å². The van der Waals surface area contributed by atoms with Crippen molar-refractivity contribution in [1.29, 1.82) is 0 Å². The van der Waals surface area contributed by atoms with Crippen LogP contribution >= 0.6 is 0 Å².